The number of rotatable bonds is 10. The summed E-state index contributed by atoms with van der Waals surface area (Å²) in [6.45, 7) is 26.1. The van der Waals surface area contributed by atoms with Gasteiger partial charge in [-0.25, -0.2) is 9.78 Å². The van der Waals surface area contributed by atoms with Crippen molar-refractivity contribution < 1.29 is 29.8 Å². The van der Waals surface area contributed by atoms with Crippen molar-refractivity contribution in [3.05, 3.63) is 36.0 Å². The van der Waals surface area contributed by atoms with Crippen LogP contribution < -0.4 is 5.32 Å². The minimum atomic E-state index is -1.34. The molecule has 218 valence electrons. The first-order valence-corrected chi connectivity index (χ1v) is 14.2. The second kappa shape index (κ2) is 10.7. The predicted molar refractivity (Wildman–Crippen MR) is 150 cm³/mol. The fourth-order valence-corrected chi connectivity index (χ4v) is 5.87. The zero-order valence-electron chi connectivity index (χ0n) is 25.2. The van der Waals surface area contributed by atoms with E-state index in [1.165, 1.54) is 19.9 Å². The lowest BCUT2D eigenvalue weighted by Gasteiger charge is -2.57. The van der Waals surface area contributed by atoms with Crippen LogP contribution in [0.1, 0.15) is 94.4 Å². The number of aliphatic hydroxyl groups excluding tert-OH is 1. The maximum absolute atomic E-state index is 10.8. The van der Waals surface area contributed by atoms with Gasteiger partial charge in [0, 0.05) is 12.1 Å². The van der Waals surface area contributed by atoms with Crippen LogP contribution in [0.3, 0.4) is 0 Å². The normalized spacial score (nSPS) is 37.6. The lowest BCUT2D eigenvalue weighted by atomic mass is 9.65. The highest BCUT2D eigenvalue weighted by molar-refractivity contribution is 5.25. The molecule has 2 aliphatic heterocycles. The Labute approximate surface area is 230 Å². The van der Waals surface area contributed by atoms with Gasteiger partial charge >= 0.3 is 0 Å². The number of hydrogen-bond donors (Lipinski definition) is 4. The Kier molecular flexibility index (Phi) is 8.89. The van der Waals surface area contributed by atoms with Crippen molar-refractivity contribution in [1.82, 2.24) is 5.32 Å². The van der Waals surface area contributed by atoms with Crippen molar-refractivity contribution in [1.29, 1.82) is 0 Å². The minimum Gasteiger partial charge on any atom is -0.387 e. The molecule has 0 aromatic rings. The standard InChI is InChI=1S/C31H53NO6/c1-19(2)29(10)15-23(32-25-17-31(20(3)4)13-12-30(25,11)37-38-31)21(5)24(16-29)36-18-22(27(6,7)34)14-26(33)28(8,9)35/h14,20,23-26,32-35H,1,5,12-13,15-18H2,2-4,6-11H3. The summed E-state index contributed by atoms with van der Waals surface area (Å²) in [5, 5.41) is 35.4. The first kappa shape index (κ1) is 31.5. The summed E-state index contributed by atoms with van der Waals surface area (Å²) >= 11 is 0. The van der Waals surface area contributed by atoms with Crippen LogP contribution in [0.2, 0.25) is 0 Å². The van der Waals surface area contributed by atoms with Crippen LogP contribution >= 0.6 is 0 Å². The van der Waals surface area contributed by atoms with Gasteiger partial charge in [0.15, 0.2) is 0 Å². The molecule has 2 saturated carbocycles. The molecule has 4 aliphatic rings. The van der Waals surface area contributed by atoms with E-state index in [1.54, 1.807) is 13.8 Å². The van der Waals surface area contributed by atoms with Gasteiger partial charge in [-0.15, -0.1) is 0 Å². The maximum atomic E-state index is 10.8. The zero-order chi connectivity index (χ0) is 28.9. The lowest BCUT2D eigenvalue weighted by Crippen LogP contribution is -2.68. The van der Waals surface area contributed by atoms with Crippen molar-refractivity contribution in [2.75, 3.05) is 6.61 Å². The van der Waals surface area contributed by atoms with E-state index in [9.17, 15) is 15.3 Å². The van der Waals surface area contributed by atoms with Gasteiger partial charge in [-0.05, 0) is 102 Å². The van der Waals surface area contributed by atoms with Crippen LogP contribution in [0.15, 0.2) is 36.0 Å². The van der Waals surface area contributed by atoms with E-state index in [4.69, 9.17) is 14.5 Å². The fourth-order valence-electron chi connectivity index (χ4n) is 5.87. The van der Waals surface area contributed by atoms with Crippen LogP contribution in [-0.4, -0.2) is 68.6 Å². The molecule has 2 bridgehead atoms. The third kappa shape index (κ3) is 6.46. The van der Waals surface area contributed by atoms with Crippen LogP contribution in [-0.2, 0) is 14.5 Å². The highest BCUT2D eigenvalue weighted by Gasteiger charge is 2.57. The summed E-state index contributed by atoms with van der Waals surface area (Å²) in [5.74, 6) is 0.342. The van der Waals surface area contributed by atoms with E-state index in [2.05, 4.69) is 53.1 Å². The molecule has 7 unspecified atom stereocenters. The van der Waals surface area contributed by atoms with E-state index in [0.29, 0.717) is 11.5 Å². The van der Waals surface area contributed by atoms with E-state index in [-0.39, 0.29) is 35.8 Å². The van der Waals surface area contributed by atoms with Gasteiger partial charge in [0.05, 0.1) is 23.9 Å². The second-order valence-electron chi connectivity index (χ2n) is 14.1. The molecule has 4 fully saturated rings. The molecule has 7 heteroatoms. The van der Waals surface area contributed by atoms with Crippen molar-refractivity contribution in [3.63, 3.8) is 0 Å². The molecule has 7 nitrogen and oxygen atoms in total. The SMILES string of the molecule is C=C1C(NC2CC3(C(C)C)CCC2(C)OO3)CC(C)(C(=C)C)CC1OCC(=CC(O)C(C)(C)O)C(C)(C)O. The van der Waals surface area contributed by atoms with Gasteiger partial charge in [-0.2, -0.15) is 0 Å². The number of nitrogens with one attached hydrogen (secondary N) is 1. The molecule has 4 rings (SSSR count). The summed E-state index contributed by atoms with van der Waals surface area (Å²) in [4.78, 5) is 12.0. The highest BCUT2D eigenvalue weighted by atomic mass is 17.2. The molecule has 2 heterocycles. The Morgan fingerprint density at radius 3 is 2.24 bits per heavy atom. The Morgan fingerprint density at radius 1 is 1.13 bits per heavy atom. The van der Waals surface area contributed by atoms with Crippen LogP contribution in [0.4, 0.5) is 0 Å². The first-order valence-electron chi connectivity index (χ1n) is 14.2. The Morgan fingerprint density at radius 2 is 1.76 bits per heavy atom. The molecule has 0 spiro atoms. The van der Waals surface area contributed by atoms with Crippen molar-refractivity contribution in [2.45, 2.75) is 141 Å². The number of aliphatic hydroxyl groups is 3. The molecule has 0 aromatic heterocycles. The number of fused-ring (bicyclic) bond motifs is 3. The van der Waals surface area contributed by atoms with Gasteiger partial charge < -0.3 is 25.4 Å². The van der Waals surface area contributed by atoms with Gasteiger partial charge in [-0.3, -0.25) is 0 Å². The smallest absolute Gasteiger partial charge is 0.116 e. The summed E-state index contributed by atoms with van der Waals surface area (Å²) in [5.41, 5.74) is -0.865. The monoisotopic (exact) mass is 535 g/mol. The van der Waals surface area contributed by atoms with Crippen LogP contribution in [0.25, 0.3) is 0 Å². The largest absolute Gasteiger partial charge is 0.387 e. The van der Waals surface area contributed by atoms with Crippen molar-refractivity contribution in [3.8, 4) is 0 Å². The Bertz CT molecular complexity index is 918. The molecule has 2 aliphatic carbocycles. The topological polar surface area (TPSA) is 100 Å². The molecule has 0 radical (unpaired) electrons. The maximum Gasteiger partial charge on any atom is 0.116 e. The molecule has 0 aromatic carbocycles. The predicted octanol–water partition coefficient (Wildman–Crippen LogP) is 4.76. The molecule has 4 N–H and O–H groups in total. The minimum absolute atomic E-state index is 0.0130. The van der Waals surface area contributed by atoms with E-state index in [0.717, 1.165) is 43.3 Å². The average Bonchev–Trinajstić information content (AvgIpc) is 2.78. The molecule has 2 saturated heterocycles. The summed E-state index contributed by atoms with van der Waals surface area (Å²) in [6.07, 6.45) is 4.46. The third-order valence-electron chi connectivity index (χ3n) is 9.67. The summed E-state index contributed by atoms with van der Waals surface area (Å²) < 4.78 is 6.45. The first-order chi connectivity index (χ1) is 17.2. The van der Waals surface area contributed by atoms with Gasteiger partial charge in [0.1, 0.15) is 17.3 Å². The molecule has 0 amide bonds. The van der Waals surface area contributed by atoms with Gasteiger partial charge in [0.25, 0.3) is 0 Å². The lowest BCUT2D eigenvalue weighted by molar-refractivity contribution is -0.477. The molecule has 7 atom stereocenters. The average molecular weight is 536 g/mol. The summed E-state index contributed by atoms with van der Waals surface area (Å²) in [7, 11) is 0. The Hall–Kier alpha value is -1.06. The third-order valence-corrected chi connectivity index (χ3v) is 9.67. The van der Waals surface area contributed by atoms with Crippen molar-refractivity contribution in [2.24, 2.45) is 11.3 Å². The quantitative estimate of drug-likeness (QED) is 0.236. The highest BCUT2D eigenvalue weighted by Crippen LogP contribution is 2.51. The fraction of sp³-hybridized carbons (Fsp3) is 0.806. The number of allylic oxidation sites excluding steroid dienone is 1. The molecular formula is C31H53NO6. The van der Waals surface area contributed by atoms with Crippen LogP contribution in [0, 0.1) is 11.3 Å². The van der Waals surface area contributed by atoms with Crippen LogP contribution in [0.5, 0.6) is 0 Å². The number of ether oxygens (including phenoxy) is 1. The number of hydrogen-bond acceptors (Lipinski definition) is 7. The van der Waals surface area contributed by atoms with E-state index >= 15 is 0 Å². The Balaban J connectivity index is 1.83. The van der Waals surface area contributed by atoms with E-state index in [1.807, 2.05) is 0 Å². The molecular weight excluding hydrogens is 482 g/mol. The second-order valence-corrected chi connectivity index (χ2v) is 14.1. The van der Waals surface area contributed by atoms with Crippen molar-refractivity contribution >= 4 is 0 Å². The van der Waals surface area contributed by atoms with Gasteiger partial charge in [0.2, 0.25) is 0 Å². The molecule has 38 heavy (non-hydrogen) atoms. The summed E-state index contributed by atoms with van der Waals surface area (Å²) in [6, 6.07) is 0.0944. The van der Waals surface area contributed by atoms with E-state index < -0.39 is 22.9 Å². The zero-order valence-corrected chi connectivity index (χ0v) is 25.2. The van der Waals surface area contributed by atoms with Gasteiger partial charge in [-0.1, -0.05) is 39.5 Å².